The van der Waals surface area contributed by atoms with E-state index in [-0.39, 0.29) is 35.3 Å². The van der Waals surface area contributed by atoms with Gasteiger partial charge in [-0.1, -0.05) is 48.0 Å². The van der Waals surface area contributed by atoms with Gasteiger partial charge in [0.25, 0.3) is 0 Å². The van der Waals surface area contributed by atoms with Gasteiger partial charge in [0.1, 0.15) is 0 Å². The number of rotatable bonds is 6. The maximum absolute atomic E-state index is 11.9. The van der Waals surface area contributed by atoms with Gasteiger partial charge in [-0.3, -0.25) is 14.9 Å². The second kappa shape index (κ2) is 6.85. The van der Waals surface area contributed by atoms with E-state index in [1.807, 2.05) is 6.07 Å². The molecule has 0 heterocycles. The Balaban J connectivity index is 2.01. The van der Waals surface area contributed by atoms with Gasteiger partial charge in [-0.05, 0) is 6.07 Å². The molecule has 21 heavy (non-hydrogen) atoms. The highest BCUT2D eigenvalue weighted by molar-refractivity contribution is 6.32. The van der Waals surface area contributed by atoms with Gasteiger partial charge in [0.2, 0.25) is 5.75 Å². The molecule has 2 aromatic carbocycles. The molecule has 2 rings (SSSR count). The Labute approximate surface area is 126 Å². The molecule has 108 valence electrons. The second-order valence-corrected chi connectivity index (χ2v) is 4.64. The van der Waals surface area contributed by atoms with Crippen LogP contribution in [0, 0.1) is 10.1 Å². The summed E-state index contributed by atoms with van der Waals surface area (Å²) in [5.74, 6) is -0.102. The van der Waals surface area contributed by atoms with Gasteiger partial charge in [-0.2, -0.15) is 0 Å². The molecule has 0 aliphatic rings. The zero-order valence-corrected chi connectivity index (χ0v) is 11.7. The summed E-state index contributed by atoms with van der Waals surface area (Å²) in [5, 5.41) is 11.0. The van der Waals surface area contributed by atoms with E-state index in [4.69, 9.17) is 16.3 Å². The zero-order valence-electron chi connectivity index (χ0n) is 11.0. The zero-order chi connectivity index (χ0) is 15.2. The van der Waals surface area contributed by atoms with E-state index in [0.29, 0.717) is 5.56 Å². The number of nitro benzene ring substituents is 1. The first-order valence-electron chi connectivity index (χ1n) is 6.23. The lowest BCUT2D eigenvalue weighted by Crippen LogP contribution is -2.07. The van der Waals surface area contributed by atoms with Crippen LogP contribution in [0.4, 0.5) is 5.69 Å². The van der Waals surface area contributed by atoms with Gasteiger partial charge >= 0.3 is 5.69 Å². The highest BCUT2D eigenvalue weighted by Gasteiger charge is 2.18. The normalized spacial score (nSPS) is 10.1. The van der Waals surface area contributed by atoms with Crippen molar-refractivity contribution in [1.29, 1.82) is 0 Å². The summed E-state index contributed by atoms with van der Waals surface area (Å²) < 4.78 is 5.33. The van der Waals surface area contributed by atoms with Crippen molar-refractivity contribution in [2.24, 2.45) is 0 Å². The van der Waals surface area contributed by atoms with Crippen molar-refractivity contribution in [3.8, 4) is 5.75 Å². The van der Waals surface area contributed by atoms with Crippen molar-refractivity contribution >= 4 is 23.1 Å². The lowest BCUT2D eigenvalue weighted by atomic mass is 10.1. The molecular weight excluding hydrogens is 294 g/mol. The molecule has 0 fully saturated rings. The monoisotopic (exact) mass is 305 g/mol. The Bertz CT molecular complexity index is 658. The van der Waals surface area contributed by atoms with Crippen LogP contribution in [0.1, 0.15) is 16.8 Å². The molecule has 6 heteroatoms. The number of nitro groups is 1. The van der Waals surface area contributed by atoms with Crippen LogP contribution in [0.2, 0.25) is 5.02 Å². The number of para-hydroxylation sites is 1. The number of carbonyl (C=O) groups excluding carboxylic acids is 1. The Morgan fingerprint density at radius 3 is 2.52 bits per heavy atom. The van der Waals surface area contributed by atoms with E-state index in [0.717, 1.165) is 0 Å². The van der Waals surface area contributed by atoms with Crippen molar-refractivity contribution in [3.05, 3.63) is 69.2 Å². The summed E-state index contributed by atoms with van der Waals surface area (Å²) in [6, 6.07) is 13.1. The first-order chi connectivity index (χ1) is 10.1. The molecule has 0 N–H and O–H groups in total. The van der Waals surface area contributed by atoms with Crippen molar-refractivity contribution < 1.29 is 14.5 Å². The van der Waals surface area contributed by atoms with E-state index in [1.54, 1.807) is 24.3 Å². The van der Waals surface area contributed by atoms with Gasteiger partial charge in [-0.15, -0.1) is 0 Å². The minimum Gasteiger partial charge on any atom is -0.485 e. The molecule has 0 radical (unpaired) electrons. The molecule has 0 spiro atoms. The summed E-state index contributed by atoms with van der Waals surface area (Å²) in [4.78, 5) is 22.2. The molecule has 0 saturated carbocycles. The molecule has 0 saturated heterocycles. The summed E-state index contributed by atoms with van der Waals surface area (Å²) in [6.45, 7) is 0.0261. The van der Waals surface area contributed by atoms with Gasteiger partial charge in [0, 0.05) is 18.1 Å². The van der Waals surface area contributed by atoms with E-state index < -0.39 is 4.92 Å². The molecule has 0 aliphatic carbocycles. The fourth-order valence-electron chi connectivity index (χ4n) is 1.80. The molecular formula is C15H12ClNO4. The number of ketones is 1. The van der Waals surface area contributed by atoms with Gasteiger partial charge < -0.3 is 4.74 Å². The molecule has 0 aliphatic heterocycles. The van der Waals surface area contributed by atoms with Crippen molar-refractivity contribution in [3.63, 3.8) is 0 Å². The first-order valence-corrected chi connectivity index (χ1v) is 6.61. The lowest BCUT2D eigenvalue weighted by molar-refractivity contribution is -0.385. The molecule has 0 amide bonds. The quantitative estimate of drug-likeness (QED) is 0.461. The standard InChI is InChI=1S/C15H12ClNO4/c16-12-7-4-8-13(17(19)20)15(12)21-10-9-14(18)11-5-2-1-3-6-11/h1-8H,9-10H2. The second-order valence-electron chi connectivity index (χ2n) is 4.23. The molecule has 0 atom stereocenters. The largest absolute Gasteiger partial charge is 0.485 e. The van der Waals surface area contributed by atoms with E-state index >= 15 is 0 Å². The summed E-state index contributed by atoms with van der Waals surface area (Å²) in [5.41, 5.74) is 0.365. The Morgan fingerprint density at radius 1 is 1.14 bits per heavy atom. The third kappa shape index (κ3) is 3.79. The predicted octanol–water partition coefficient (Wildman–Crippen LogP) is 3.90. The number of carbonyl (C=O) groups is 1. The van der Waals surface area contributed by atoms with Crippen LogP contribution in [-0.4, -0.2) is 17.3 Å². The van der Waals surface area contributed by atoms with Gasteiger partial charge in [0.15, 0.2) is 5.78 Å². The average molecular weight is 306 g/mol. The van der Waals surface area contributed by atoms with Crippen LogP contribution in [0.15, 0.2) is 48.5 Å². The number of benzene rings is 2. The number of hydrogen-bond donors (Lipinski definition) is 0. The van der Waals surface area contributed by atoms with Crippen LogP contribution >= 0.6 is 11.6 Å². The molecule has 0 bridgehead atoms. The van der Waals surface area contributed by atoms with Crippen LogP contribution < -0.4 is 4.74 Å². The molecule has 5 nitrogen and oxygen atoms in total. The Kier molecular flexibility index (Phi) is 4.90. The van der Waals surface area contributed by atoms with Crippen LogP contribution in [0.5, 0.6) is 5.75 Å². The molecule has 2 aromatic rings. The number of Topliss-reactive ketones (excluding diaryl/α,β-unsaturated/α-hetero) is 1. The smallest absolute Gasteiger partial charge is 0.312 e. The van der Waals surface area contributed by atoms with Crippen molar-refractivity contribution in [2.45, 2.75) is 6.42 Å². The topological polar surface area (TPSA) is 69.4 Å². The highest BCUT2D eigenvalue weighted by atomic mass is 35.5. The fraction of sp³-hybridized carbons (Fsp3) is 0.133. The summed E-state index contributed by atoms with van der Waals surface area (Å²) in [6.07, 6.45) is 0.117. The molecule has 0 unspecified atom stereocenters. The average Bonchev–Trinajstić information content (AvgIpc) is 2.49. The van der Waals surface area contributed by atoms with E-state index in [9.17, 15) is 14.9 Å². The third-order valence-corrected chi connectivity index (χ3v) is 3.11. The SMILES string of the molecule is O=C(CCOc1c(Cl)cccc1[N+](=O)[O-])c1ccccc1. The minimum atomic E-state index is -0.569. The van der Waals surface area contributed by atoms with Crippen molar-refractivity contribution in [2.75, 3.05) is 6.61 Å². The van der Waals surface area contributed by atoms with E-state index in [2.05, 4.69) is 0 Å². The van der Waals surface area contributed by atoms with Crippen LogP contribution in [0.25, 0.3) is 0 Å². The summed E-state index contributed by atoms with van der Waals surface area (Å²) in [7, 11) is 0. The summed E-state index contributed by atoms with van der Waals surface area (Å²) >= 11 is 5.89. The van der Waals surface area contributed by atoms with E-state index in [1.165, 1.54) is 18.2 Å². The Hall–Kier alpha value is -2.40. The maximum atomic E-state index is 11.9. The third-order valence-electron chi connectivity index (χ3n) is 2.81. The van der Waals surface area contributed by atoms with Crippen LogP contribution in [0.3, 0.4) is 0 Å². The van der Waals surface area contributed by atoms with Gasteiger partial charge in [-0.25, -0.2) is 0 Å². The predicted molar refractivity (Wildman–Crippen MR) is 79.0 cm³/mol. The van der Waals surface area contributed by atoms with Gasteiger partial charge in [0.05, 0.1) is 16.6 Å². The maximum Gasteiger partial charge on any atom is 0.312 e. The number of hydrogen-bond acceptors (Lipinski definition) is 4. The highest BCUT2D eigenvalue weighted by Crippen LogP contribution is 2.34. The fourth-order valence-corrected chi connectivity index (χ4v) is 2.02. The number of nitrogens with zero attached hydrogens (tertiary/aromatic N) is 1. The first kappa shape index (κ1) is 15.0. The number of ether oxygens (including phenoxy) is 1. The Morgan fingerprint density at radius 2 is 1.86 bits per heavy atom. The van der Waals surface area contributed by atoms with Crippen molar-refractivity contribution in [1.82, 2.24) is 0 Å². The molecule has 0 aromatic heterocycles. The lowest BCUT2D eigenvalue weighted by Gasteiger charge is -2.08. The van der Waals surface area contributed by atoms with Crippen LogP contribution in [-0.2, 0) is 0 Å². The number of halogens is 1. The minimum absolute atomic E-state index is 0.00923.